The largest absolute Gasteiger partial charge is 0.478 e. The molecule has 0 aliphatic rings. The third-order valence-corrected chi connectivity index (χ3v) is 3.28. The lowest BCUT2D eigenvalue weighted by molar-refractivity contribution is 0.0698. The molecule has 0 bridgehead atoms. The Morgan fingerprint density at radius 2 is 2.00 bits per heavy atom. The van der Waals surface area contributed by atoms with Gasteiger partial charge < -0.3 is 20.4 Å². The SMILES string of the molecule is CC(CO)N(C)C(=O)Nc1c(Cl)cc(Cl)cc1C(=O)O. The van der Waals surface area contributed by atoms with E-state index in [1.165, 1.54) is 24.1 Å². The molecule has 1 rings (SSSR count). The van der Waals surface area contributed by atoms with Gasteiger partial charge in [0.25, 0.3) is 0 Å². The second-order valence-corrected chi connectivity index (χ2v) is 5.03. The molecule has 1 aromatic carbocycles. The minimum Gasteiger partial charge on any atom is -0.478 e. The lowest BCUT2D eigenvalue weighted by Crippen LogP contribution is -2.40. The third kappa shape index (κ3) is 3.75. The van der Waals surface area contributed by atoms with Gasteiger partial charge in [-0.25, -0.2) is 9.59 Å². The first kappa shape index (κ1) is 16.6. The Labute approximate surface area is 125 Å². The molecule has 0 saturated heterocycles. The zero-order valence-electron chi connectivity index (χ0n) is 10.9. The molecule has 20 heavy (non-hydrogen) atoms. The highest BCUT2D eigenvalue weighted by atomic mass is 35.5. The quantitative estimate of drug-likeness (QED) is 0.795. The Balaban J connectivity index is 3.09. The smallest absolute Gasteiger partial charge is 0.337 e. The summed E-state index contributed by atoms with van der Waals surface area (Å²) in [5.74, 6) is -1.26. The van der Waals surface area contributed by atoms with Gasteiger partial charge in [0.1, 0.15) is 0 Å². The number of carboxylic acid groups (broad SMARTS) is 1. The van der Waals surface area contributed by atoms with Crippen LogP contribution in [0, 0.1) is 0 Å². The number of urea groups is 1. The first-order valence-electron chi connectivity index (χ1n) is 5.65. The molecule has 0 radical (unpaired) electrons. The van der Waals surface area contributed by atoms with Crippen molar-refractivity contribution in [2.24, 2.45) is 0 Å². The van der Waals surface area contributed by atoms with Gasteiger partial charge in [-0.15, -0.1) is 0 Å². The standard InChI is InChI=1S/C12H14Cl2N2O4/c1-6(5-17)16(2)12(20)15-10-8(11(18)19)3-7(13)4-9(10)14/h3-4,6,17H,5H2,1-2H3,(H,15,20)(H,18,19). The fraction of sp³-hybridized carbons (Fsp3) is 0.333. The van der Waals surface area contributed by atoms with Crippen molar-refractivity contribution in [1.29, 1.82) is 0 Å². The molecule has 0 heterocycles. The summed E-state index contributed by atoms with van der Waals surface area (Å²) in [6, 6.07) is 1.52. The average molecular weight is 321 g/mol. The Morgan fingerprint density at radius 1 is 1.40 bits per heavy atom. The van der Waals surface area contributed by atoms with Gasteiger partial charge in [0.2, 0.25) is 0 Å². The van der Waals surface area contributed by atoms with E-state index in [1.807, 2.05) is 0 Å². The van der Waals surface area contributed by atoms with E-state index < -0.39 is 18.0 Å². The highest BCUT2D eigenvalue weighted by molar-refractivity contribution is 6.37. The molecule has 8 heteroatoms. The lowest BCUT2D eigenvalue weighted by atomic mass is 10.2. The number of aliphatic hydroxyl groups is 1. The van der Waals surface area contributed by atoms with E-state index in [-0.39, 0.29) is 27.9 Å². The van der Waals surface area contributed by atoms with E-state index in [1.54, 1.807) is 6.92 Å². The number of hydrogen-bond donors (Lipinski definition) is 3. The summed E-state index contributed by atoms with van der Waals surface area (Å²) in [5.41, 5.74) is -0.244. The van der Waals surface area contributed by atoms with Gasteiger partial charge in [-0.1, -0.05) is 23.2 Å². The Kier molecular flexibility index (Phi) is 5.62. The number of likely N-dealkylation sites (N-methyl/N-ethyl adjacent to an activating group) is 1. The zero-order valence-corrected chi connectivity index (χ0v) is 12.4. The molecular formula is C12H14Cl2N2O4. The maximum absolute atomic E-state index is 11.9. The minimum atomic E-state index is -1.26. The van der Waals surface area contributed by atoms with E-state index in [9.17, 15) is 9.59 Å². The predicted octanol–water partition coefficient (Wildman–Crippen LogP) is 2.54. The molecule has 0 saturated carbocycles. The van der Waals surface area contributed by atoms with Crippen LogP contribution in [0.4, 0.5) is 10.5 Å². The summed E-state index contributed by atoms with van der Waals surface area (Å²) in [6.07, 6.45) is 0. The van der Waals surface area contributed by atoms with Crippen molar-refractivity contribution in [1.82, 2.24) is 4.90 Å². The van der Waals surface area contributed by atoms with Crippen LogP contribution < -0.4 is 5.32 Å². The van der Waals surface area contributed by atoms with E-state index >= 15 is 0 Å². The number of hydrogen-bond acceptors (Lipinski definition) is 3. The van der Waals surface area contributed by atoms with E-state index in [2.05, 4.69) is 5.32 Å². The van der Waals surface area contributed by atoms with E-state index in [0.717, 1.165) is 0 Å². The van der Waals surface area contributed by atoms with Crippen molar-refractivity contribution in [3.05, 3.63) is 27.7 Å². The summed E-state index contributed by atoms with van der Waals surface area (Å²) >= 11 is 11.6. The molecule has 1 aromatic rings. The van der Waals surface area contributed by atoms with Crippen LogP contribution in [0.25, 0.3) is 0 Å². The maximum atomic E-state index is 11.9. The monoisotopic (exact) mass is 320 g/mol. The molecule has 1 atom stereocenters. The number of halogens is 2. The van der Waals surface area contributed by atoms with Crippen LogP contribution in [0.15, 0.2) is 12.1 Å². The molecule has 3 N–H and O–H groups in total. The minimum absolute atomic E-state index is 0.0216. The van der Waals surface area contributed by atoms with E-state index in [4.69, 9.17) is 33.4 Å². The molecule has 0 aromatic heterocycles. The summed E-state index contributed by atoms with van der Waals surface area (Å²) < 4.78 is 0. The van der Waals surface area contributed by atoms with Crippen LogP contribution in [0.3, 0.4) is 0 Å². The lowest BCUT2D eigenvalue weighted by Gasteiger charge is -2.24. The number of carboxylic acids is 1. The van der Waals surface area contributed by atoms with Crippen molar-refractivity contribution in [2.75, 3.05) is 19.0 Å². The second kappa shape index (κ2) is 6.78. The molecule has 0 aliphatic heterocycles. The van der Waals surface area contributed by atoms with Crippen molar-refractivity contribution < 1.29 is 19.8 Å². The number of anilines is 1. The van der Waals surface area contributed by atoms with Crippen LogP contribution in [0.2, 0.25) is 10.0 Å². The number of nitrogens with zero attached hydrogens (tertiary/aromatic N) is 1. The van der Waals surface area contributed by atoms with Crippen LogP contribution in [0.5, 0.6) is 0 Å². The highest BCUT2D eigenvalue weighted by Crippen LogP contribution is 2.30. The predicted molar refractivity (Wildman–Crippen MR) is 76.8 cm³/mol. The van der Waals surface area contributed by atoms with Crippen LogP contribution >= 0.6 is 23.2 Å². The zero-order chi connectivity index (χ0) is 15.4. The second-order valence-electron chi connectivity index (χ2n) is 4.19. The fourth-order valence-electron chi connectivity index (χ4n) is 1.39. The van der Waals surface area contributed by atoms with Crippen molar-refractivity contribution in [2.45, 2.75) is 13.0 Å². The number of benzene rings is 1. The van der Waals surface area contributed by atoms with E-state index in [0.29, 0.717) is 0 Å². The van der Waals surface area contributed by atoms with Crippen LogP contribution in [-0.4, -0.2) is 46.8 Å². The van der Waals surface area contributed by atoms with Crippen molar-refractivity contribution in [3.63, 3.8) is 0 Å². The Hall–Kier alpha value is -1.50. The van der Waals surface area contributed by atoms with Crippen LogP contribution in [-0.2, 0) is 0 Å². The van der Waals surface area contributed by atoms with Gasteiger partial charge in [-0.2, -0.15) is 0 Å². The molecule has 1 unspecified atom stereocenters. The fourth-order valence-corrected chi connectivity index (χ4v) is 1.93. The van der Waals surface area contributed by atoms with Crippen molar-refractivity contribution >= 4 is 40.9 Å². The summed E-state index contributed by atoms with van der Waals surface area (Å²) in [6.45, 7) is 1.42. The van der Waals surface area contributed by atoms with Gasteiger partial charge in [0.15, 0.2) is 0 Å². The number of aromatic carboxylic acids is 1. The van der Waals surface area contributed by atoms with Gasteiger partial charge >= 0.3 is 12.0 Å². The summed E-state index contributed by atoms with van der Waals surface area (Å²) in [5, 5.41) is 20.7. The number of aliphatic hydroxyl groups excluding tert-OH is 1. The Morgan fingerprint density at radius 3 is 2.50 bits per heavy atom. The molecule has 0 spiro atoms. The maximum Gasteiger partial charge on any atom is 0.337 e. The molecule has 6 nitrogen and oxygen atoms in total. The molecule has 0 aliphatic carbocycles. The Bertz CT molecular complexity index is 536. The first-order chi connectivity index (χ1) is 9.27. The van der Waals surface area contributed by atoms with Gasteiger partial charge in [0.05, 0.1) is 28.9 Å². The number of rotatable bonds is 4. The topological polar surface area (TPSA) is 89.9 Å². The summed E-state index contributed by atoms with van der Waals surface area (Å²) in [7, 11) is 1.47. The van der Waals surface area contributed by atoms with Gasteiger partial charge in [-0.05, 0) is 19.1 Å². The number of amides is 2. The summed E-state index contributed by atoms with van der Waals surface area (Å²) in [4.78, 5) is 24.3. The molecule has 2 amide bonds. The van der Waals surface area contributed by atoms with Gasteiger partial charge in [-0.3, -0.25) is 0 Å². The highest BCUT2D eigenvalue weighted by Gasteiger charge is 2.20. The third-order valence-electron chi connectivity index (χ3n) is 2.76. The van der Waals surface area contributed by atoms with Gasteiger partial charge in [0, 0.05) is 12.1 Å². The number of nitrogens with one attached hydrogen (secondary N) is 1. The normalized spacial score (nSPS) is 11.8. The molecule has 0 fully saturated rings. The molecular weight excluding hydrogens is 307 g/mol. The molecule has 110 valence electrons. The van der Waals surface area contributed by atoms with Crippen LogP contribution in [0.1, 0.15) is 17.3 Å². The number of carbonyl (C=O) groups excluding carboxylic acids is 1. The van der Waals surface area contributed by atoms with Crippen molar-refractivity contribution in [3.8, 4) is 0 Å². The average Bonchev–Trinajstić information content (AvgIpc) is 2.39. The first-order valence-corrected chi connectivity index (χ1v) is 6.40. The number of carbonyl (C=O) groups is 2.